The molecule has 5 nitrogen and oxygen atoms in total. The Morgan fingerprint density at radius 1 is 1.61 bits per heavy atom. The van der Waals surface area contributed by atoms with E-state index in [2.05, 4.69) is 5.32 Å². The van der Waals surface area contributed by atoms with Gasteiger partial charge in [-0.25, -0.2) is 0 Å². The molecule has 18 heavy (non-hydrogen) atoms. The fraction of sp³-hybridized carbons (Fsp3) is 0.333. The second-order valence-corrected chi connectivity index (χ2v) is 4.37. The normalized spacial score (nSPS) is 11.7. The summed E-state index contributed by atoms with van der Waals surface area (Å²) >= 11 is 4.81. The molecule has 0 radical (unpaired) electrons. The number of benzene rings is 1. The predicted octanol–water partition coefficient (Wildman–Crippen LogP) is 1.05. The average molecular weight is 268 g/mol. The summed E-state index contributed by atoms with van der Waals surface area (Å²) in [5.74, 6) is -0.0946. The van der Waals surface area contributed by atoms with E-state index in [-0.39, 0.29) is 17.2 Å². The van der Waals surface area contributed by atoms with E-state index in [1.165, 1.54) is 19.2 Å². The van der Waals surface area contributed by atoms with Crippen LogP contribution < -0.4 is 15.8 Å². The Bertz CT molecular complexity index is 463. The minimum atomic E-state index is -0.394. The molecule has 1 atom stereocenters. The molecule has 1 rings (SSSR count). The molecule has 98 valence electrons. The number of hydrogen-bond acceptors (Lipinski definition) is 4. The highest BCUT2D eigenvalue weighted by Crippen LogP contribution is 2.22. The van der Waals surface area contributed by atoms with E-state index in [9.17, 15) is 9.90 Å². The van der Waals surface area contributed by atoms with Gasteiger partial charge in [-0.05, 0) is 18.2 Å². The first-order valence-corrected chi connectivity index (χ1v) is 5.81. The predicted molar refractivity (Wildman–Crippen MR) is 72.9 cm³/mol. The second-order valence-electron chi connectivity index (χ2n) is 3.90. The van der Waals surface area contributed by atoms with E-state index in [4.69, 9.17) is 22.7 Å². The summed E-state index contributed by atoms with van der Waals surface area (Å²) < 4.78 is 4.99. The highest BCUT2D eigenvalue weighted by Gasteiger charge is 2.14. The molecule has 0 bridgehead atoms. The van der Waals surface area contributed by atoms with Crippen LogP contribution in [0, 0.1) is 5.92 Å². The van der Waals surface area contributed by atoms with Crippen LogP contribution >= 0.6 is 12.2 Å². The number of rotatable bonds is 5. The van der Waals surface area contributed by atoms with Crippen LogP contribution in [-0.2, 0) is 0 Å². The lowest BCUT2D eigenvalue weighted by Gasteiger charge is -2.12. The van der Waals surface area contributed by atoms with Crippen LogP contribution in [0.1, 0.15) is 17.3 Å². The smallest absolute Gasteiger partial charge is 0.255 e. The maximum Gasteiger partial charge on any atom is 0.255 e. The summed E-state index contributed by atoms with van der Waals surface area (Å²) in [7, 11) is 1.49. The van der Waals surface area contributed by atoms with Gasteiger partial charge in [-0.2, -0.15) is 0 Å². The molecule has 4 N–H and O–H groups in total. The summed E-state index contributed by atoms with van der Waals surface area (Å²) in [5.41, 5.74) is 5.60. The first-order valence-electron chi connectivity index (χ1n) is 5.40. The van der Waals surface area contributed by atoms with Gasteiger partial charge >= 0.3 is 0 Å². The van der Waals surface area contributed by atoms with Gasteiger partial charge in [0.2, 0.25) is 0 Å². The fourth-order valence-corrected chi connectivity index (χ4v) is 1.35. The van der Waals surface area contributed by atoms with Gasteiger partial charge in [0.05, 0.1) is 17.7 Å². The molecule has 0 aliphatic rings. The first-order chi connectivity index (χ1) is 8.45. The lowest BCUT2D eigenvalue weighted by atomic mass is 10.1. The summed E-state index contributed by atoms with van der Waals surface area (Å²) in [4.78, 5) is 12.2. The Hall–Kier alpha value is -1.82. The van der Waals surface area contributed by atoms with Crippen molar-refractivity contribution >= 4 is 23.1 Å². The molecule has 0 saturated carbocycles. The minimum absolute atomic E-state index is 0.100. The second kappa shape index (κ2) is 6.20. The molecule has 6 heteroatoms. The Kier molecular flexibility index (Phi) is 4.91. The molecule has 1 aromatic rings. The molecular weight excluding hydrogens is 252 g/mol. The zero-order valence-corrected chi connectivity index (χ0v) is 11.1. The van der Waals surface area contributed by atoms with Crippen molar-refractivity contribution < 1.29 is 14.6 Å². The van der Waals surface area contributed by atoms with Crippen LogP contribution in [-0.4, -0.2) is 29.7 Å². The third-order valence-electron chi connectivity index (χ3n) is 2.50. The van der Waals surface area contributed by atoms with Crippen molar-refractivity contribution in [2.45, 2.75) is 6.92 Å². The van der Waals surface area contributed by atoms with Crippen molar-refractivity contribution in [2.75, 3.05) is 13.7 Å². The number of phenols is 1. The summed E-state index contributed by atoms with van der Waals surface area (Å²) in [6, 6.07) is 4.45. The molecule has 0 aliphatic carbocycles. The molecule has 0 heterocycles. The van der Waals surface area contributed by atoms with Crippen molar-refractivity contribution in [1.82, 2.24) is 5.32 Å². The number of nitrogens with two attached hydrogens (primary N) is 1. The lowest BCUT2D eigenvalue weighted by Crippen LogP contribution is -2.33. The standard InChI is InChI=1S/C12H16N2O3S/c1-7(11(13)18)6-14-12(16)9-5-8(17-2)3-4-10(9)15/h3-5,7,15H,6H2,1-2H3,(H2,13,18)(H,14,16). The quantitative estimate of drug-likeness (QED) is 0.695. The van der Waals surface area contributed by atoms with E-state index in [1.54, 1.807) is 6.07 Å². The van der Waals surface area contributed by atoms with Crippen LogP contribution in [0.4, 0.5) is 0 Å². The van der Waals surface area contributed by atoms with E-state index >= 15 is 0 Å². The van der Waals surface area contributed by atoms with E-state index < -0.39 is 5.91 Å². The first kappa shape index (κ1) is 14.2. The highest BCUT2D eigenvalue weighted by molar-refractivity contribution is 7.80. The average Bonchev–Trinajstić information content (AvgIpc) is 2.35. The molecule has 1 amide bonds. The Morgan fingerprint density at radius 3 is 2.83 bits per heavy atom. The van der Waals surface area contributed by atoms with Gasteiger partial charge in [0.1, 0.15) is 11.5 Å². The van der Waals surface area contributed by atoms with Gasteiger partial charge in [0.15, 0.2) is 0 Å². The van der Waals surface area contributed by atoms with Gasteiger partial charge in [-0.1, -0.05) is 19.1 Å². The number of amides is 1. The van der Waals surface area contributed by atoms with Crippen molar-refractivity contribution in [3.8, 4) is 11.5 Å². The van der Waals surface area contributed by atoms with Gasteiger partial charge in [0, 0.05) is 12.5 Å². The van der Waals surface area contributed by atoms with Gasteiger partial charge in [0.25, 0.3) is 5.91 Å². The van der Waals surface area contributed by atoms with Crippen LogP contribution in [0.3, 0.4) is 0 Å². The number of aromatic hydroxyl groups is 1. The third kappa shape index (κ3) is 3.59. The molecular formula is C12H16N2O3S. The number of phenolic OH excluding ortho intramolecular Hbond substituents is 1. The lowest BCUT2D eigenvalue weighted by molar-refractivity contribution is 0.0948. The Balaban J connectivity index is 2.75. The van der Waals surface area contributed by atoms with Crippen LogP contribution in [0.25, 0.3) is 0 Å². The van der Waals surface area contributed by atoms with Crippen molar-refractivity contribution in [3.63, 3.8) is 0 Å². The number of methoxy groups -OCH3 is 1. The molecule has 0 saturated heterocycles. The number of carbonyl (C=O) groups excluding carboxylic acids is 1. The number of thiocarbonyl (C=S) groups is 1. The number of ether oxygens (including phenoxy) is 1. The Labute approximate surface area is 111 Å². The van der Waals surface area contributed by atoms with Crippen molar-refractivity contribution in [1.29, 1.82) is 0 Å². The van der Waals surface area contributed by atoms with E-state index in [1.807, 2.05) is 6.92 Å². The Morgan fingerprint density at radius 2 is 2.28 bits per heavy atom. The van der Waals surface area contributed by atoms with Crippen LogP contribution in [0.5, 0.6) is 11.5 Å². The molecule has 0 spiro atoms. The zero-order chi connectivity index (χ0) is 13.7. The SMILES string of the molecule is COc1ccc(O)c(C(=O)NCC(C)C(N)=S)c1. The fourth-order valence-electron chi connectivity index (χ4n) is 1.27. The summed E-state index contributed by atoms with van der Waals surface area (Å²) in [6.45, 7) is 2.14. The molecule has 0 aromatic heterocycles. The largest absolute Gasteiger partial charge is 0.507 e. The van der Waals surface area contributed by atoms with Crippen LogP contribution in [0.15, 0.2) is 18.2 Å². The maximum absolute atomic E-state index is 11.8. The van der Waals surface area contributed by atoms with E-state index in [0.29, 0.717) is 17.3 Å². The topological polar surface area (TPSA) is 84.6 Å². The number of hydrogen-bond donors (Lipinski definition) is 3. The molecule has 0 aliphatic heterocycles. The van der Waals surface area contributed by atoms with Gasteiger partial charge < -0.3 is 20.9 Å². The van der Waals surface area contributed by atoms with Crippen LogP contribution in [0.2, 0.25) is 0 Å². The zero-order valence-electron chi connectivity index (χ0n) is 10.3. The van der Waals surface area contributed by atoms with Gasteiger partial charge in [-0.15, -0.1) is 0 Å². The number of carbonyl (C=O) groups is 1. The van der Waals surface area contributed by atoms with Crippen molar-refractivity contribution in [2.24, 2.45) is 11.7 Å². The molecule has 0 fully saturated rings. The summed E-state index contributed by atoms with van der Waals surface area (Å²) in [5, 5.41) is 12.3. The third-order valence-corrected chi connectivity index (χ3v) is 2.91. The van der Waals surface area contributed by atoms with Gasteiger partial charge in [-0.3, -0.25) is 4.79 Å². The number of nitrogens with one attached hydrogen (secondary N) is 1. The minimum Gasteiger partial charge on any atom is -0.507 e. The monoisotopic (exact) mass is 268 g/mol. The molecule has 1 aromatic carbocycles. The summed E-state index contributed by atoms with van der Waals surface area (Å²) in [6.07, 6.45) is 0. The van der Waals surface area contributed by atoms with Crippen molar-refractivity contribution in [3.05, 3.63) is 23.8 Å². The molecule has 1 unspecified atom stereocenters. The maximum atomic E-state index is 11.8. The van der Waals surface area contributed by atoms with E-state index in [0.717, 1.165) is 0 Å². The highest BCUT2D eigenvalue weighted by atomic mass is 32.1.